The van der Waals surface area contributed by atoms with Crippen LogP contribution >= 0.6 is 11.3 Å². The second-order valence-corrected chi connectivity index (χ2v) is 6.34. The van der Waals surface area contributed by atoms with Crippen LogP contribution < -0.4 is 5.32 Å². The summed E-state index contributed by atoms with van der Waals surface area (Å²) in [7, 11) is 0. The second kappa shape index (κ2) is 7.02. The number of nitrogens with zero attached hydrogens (tertiary/aromatic N) is 4. The van der Waals surface area contributed by atoms with Crippen LogP contribution in [0.25, 0.3) is 11.3 Å². The van der Waals surface area contributed by atoms with E-state index in [4.69, 9.17) is 4.98 Å². The Morgan fingerprint density at radius 2 is 2.00 bits per heavy atom. The minimum absolute atomic E-state index is 0.180. The van der Waals surface area contributed by atoms with Gasteiger partial charge >= 0.3 is 0 Å². The Balaban J connectivity index is 1.67. The van der Waals surface area contributed by atoms with E-state index in [-0.39, 0.29) is 6.04 Å². The first-order chi connectivity index (χ1) is 11.2. The molecule has 2 aromatic heterocycles. The Morgan fingerprint density at radius 1 is 1.22 bits per heavy atom. The fourth-order valence-electron chi connectivity index (χ4n) is 2.53. The average molecular weight is 327 g/mol. The summed E-state index contributed by atoms with van der Waals surface area (Å²) in [5.41, 5.74) is 2.19. The quantitative estimate of drug-likeness (QED) is 0.752. The molecule has 0 aliphatic heterocycles. The molecule has 1 unspecified atom stereocenters. The fraction of sp³-hybridized carbons (Fsp3) is 0.353. The van der Waals surface area contributed by atoms with Crippen molar-refractivity contribution in [2.24, 2.45) is 0 Å². The van der Waals surface area contributed by atoms with Crippen LogP contribution in [0, 0.1) is 6.92 Å². The van der Waals surface area contributed by atoms with Crippen molar-refractivity contribution in [1.29, 1.82) is 0 Å². The maximum atomic E-state index is 4.75. The van der Waals surface area contributed by atoms with Crippen molar-refractivity contribution in [1.82, 2.24) is 25.1 Å². The molecule has 0 radical (unpaired) electrons. The summed E-state index contributed by atoms with van der Waals surface area (Å²) < 4.78 is 2.12. The number of nitrogens with one attached hydrogen (secondary N) is 1. The van der Waals surface area contributed by atoms with Gasteiger partial charge in [0.15, 0.2) is 0 Å². The molecule has 0 aliphatic rings. The van der Waals surface area contributed by atoms with Crippen molar-refractivity contribution in [3.63, 3.8) is 0 Å². The van der Waals surface area contributed by atoms with Gasteiger partial charge in [-0.3, -0.25) is 0 Å². The molecule has 0 fully saturated rings. The average Bonchev–Trinajstić information content (AvgIpc) is 3.20. The number of aryl methyl sites for hydroxylation is 1. The van der Waals surface area contributed by atoms with Gasteiger partial charge in [0.25, 0.3) is 0 Å². The molecule has 23 heavy (non-hydrogen) atoms. The van der Waals surface area contributed by atoms with Crippen molar-refractivity contribution >= 4 is 11.3 Å². The third kappa shape index (κ3) is 3.48. The number of rotatable bonds is 6. The zero-order chi connectivity index (χ0) is 16.2. The first-order valence-electron chi connectivity index (χ1n) is 7.82. The molecule has 1 aromatic carbocycles. The topological polar surface area (TPSA) is 55.6 Å². The fourth-order valence-corrected chi connectivity index (χ4v) is 3.39. The van der Waals surface area contributed by atoms with Gasteiger partial charge in [-0.1, -0.05) is 30.3 Å². The Bertz CT molecular complexity index is 762. The van der Waals surface area contributed by atoms with Crippen LogP contribution in [-0.4, -0.2) is 19.7 Å². The van der Waals surface area contributed by atoms with Gasteiger partial charge in [0, 0.05) is 17.5 Å². The molecule has 0 aliphatic carbocycles. The van der Waals surface area contributed by atoms with E-state index >= 15 is 0 Å². The van der Waals surface area contributed by atoms with Crippen molar-refractivity contribution < 1.29 is 0 Å². The van der Waals surface area contributed by atoms with Crippen LogP contribution in [0.2, 0.25) is 0 Å². The molecule has 5 nitrogen and oxygen atoms in total. The summed E-state index contributed by atoms with van der Waals surface area (Å²) in [6.07, 6.45) is 0. The molecular weight excluding hydrogens is 306 g/mol. The van der Waals surface area contributed by atoms with Crippen LogP contribution in [0.4, 0.5) is 0 Å². The highest BCUT2D eigenvalue weighted by Gasteiger charge is 2.13. The lowest BCUT2D eigenvalue weighted by atomic mass is 10.2. The van der Waals surface area contributed by atoms with Crippen LogP contribution in [0.1, 0.15) is 36.5 Å². The number of benzene rings is 1. The number of aromatic nitrogens is 4. The molecule has 0 spiro atoms. The van der Waals surface area contributed by atoms with Crippen molar-refractivity contribution in [3.8, 4) is 11.3 Å². The van der Waals surface area contributed by atoms with E-state index in [1.807, 2.05) is 25.1 Å². The van der Waals surface area contributed by atoms with Gasteiger partial charge in [0.2, 0.25) is 0 Å². The van der Waals surface area contributed by atoms with Crippen LogP contribution in [0.3, 0.4) is 0 Å². The van der Waals surface area contributed by atoms with E-state index in [1.54, 1.807) is 11.3 Å². The lowest BCUT2D eigenvalue weighted by Crippen LogP contribution is -2.20. The van der Waals surface area contributed by atoms with E-state index in [2.05, 4.69) is 51.4 Å². The summed E-state index contributed by atoms with van der Waals surface area (Å²) in [6.45, 7) is 7.80. The molecule has 0 saturated heterocycles. The van der Waals surface area contributed by atoms with Crippen molar-refractivity contribution in [2.75, 3.05) is 0 Å². The highest BCUT2D eigenvalue weighted by Crippen LogP contribution is 2.25. The standard InChI is InChI=1S/C17H21N5S/c1-4-22-13(3)20-21-16(22)10-18-12(2)17-19-15(11-23-17)14-8-6-5-7-9-14/h5-9,11-12,18H,4,10H2,1-3H3. The minimum atomic E-state index is 0.180. The third-order valence-electron chi connectivity index (χ3n) is 3.86. The molecule has 120 valence electrons. The maximum absolute atomic E-state index is 4.75. The van der Waals surface area contributed by atoms with Gasteiger partial charge in [-0.2, -0.15) is 0 Å². The highest BCUT2D eigenvalue weighted by molar-refractivity contribution is 7.10. The van der Waals surface area contributed by atoms with Gasteiger partial charge in [-0.25, -0.2) is 4.98 Å². The Morgan fingerprint density at radius 3 is 2.74 bits per heavy atom. The molecule has 3 rings (SSSR count). The second-order valence-electron chi connectivity index (χ2n) is 5.45. The summed E-state index contributed by atoms with van der Waals surface area (Å²) in [5.74, 6) is 1.93. The minimum Gasteiger partial charge on any atom is -0.314 e. The Hall–Kier alpha value is -2.05. The van der Waals surface area contributed by atoms with Crippen LogP contribution in [0.15, 0.2) is 35.7 Å². The Kier molecular flexibility index (Phi) is 4.83. The Labute approximate surface area is 140 Å². The maximum Gasteiger partial charge on any atom is 0.147 e. The van der Waals surface area contributed by atoms with Gasteiger partial charge in [-0.15, -0.1) is 21.5 Å². The van der Waals surface area contributed by atoms with Crippen LogP contribution in [0.5, 0.6) is 0 Å². The number of hydrogen-bond acceptors (Lipinski definition) is 5. The SMILES string of the molecule is CCn1c(C)nnc1CNC(C)c1nc(-c2ccccc2)cs1. The first-order valence-corrected chi connectivity index (χ1v) is 8.70. The van der Waals surface area contributed by atoms with E-state index in [0.29, 0.717) is 6.54 Å². The smallest absolute Gasteiger partial charge is 0.147 e. The lowest BCUT2D eigenvalue weighted by molar-refractivity contribution is 0.536. The zero-order valence-corrected chi connectivity index (χ0v) is 14.5. The molecule has 0 amide bonds. The predicted octanol–water partition coefficient (Wildman–Crippen LogP) is 3.58. The lowest BCUT2D eigenvalue weighted by Gasteiger charge is -2.11. The van der Waals surface area contributed by atoms with Gasteiger partial charge < -0.3 is 9.88 Å². The van der Waals surface area contributed by atoms with Crippen molar-refractivity contribution in [2.45, 2.75) is 39.9 Å². The summed E-state index contributed by atoms with van der Waals surface area (Å²) >= 11 is 1.69. The van der Waals surface area contributed by atoms with Gasteiger partial charge in [0.05, 0.1) is 18.3 Å². The van der Waals surface area contributed by atoms with Crippen LogP contribution in [-0.2, 0) is 13.1 Å². The normalized spacial score (nSPS) is 12.5. The predicted molar refractivity (Wildman–Crippen MR) is 93.2 cm³/mol. The number of thiazole rings is 1. The zero-order valence-electron chi connectivity index (χ0n) is 13.7. The van der Waals surface area contributed by atoms with E-state index in [0.717, 1.165) is 34.5 Å². The largest absolute Gasteiger partial charge is 0.314 e. The van der Waals surface area contributed by atoms with E-state index in [1.165, 1.54) is 0 Å². The molecular formula is C17H21N5S. The molecule has 0 bridgehead atoms. The molecule has 3 aromatic rings. The molecule has 1 N–H and O–H groups in total. The summed E-state index contributed by atoms with van der Waals surface area (Å²) in [4.78, 5) is 4.75. The van der Waals surface area contributed by atoms with Gasteiger partial charge in [-0.05, 0) is 20.8 Å². The number of hydrogen-bond donors (Lipinski definition) is 1. The third-order valence-corrected chi connectivity index (χ3v) is 4.88. The summed E-state index contributed by atoms with van der Waals surface area (Å²) in [6, 6.07) is 10.4. The summed E-state index contributed by atoms with van der Waals surface area (Å²) in [5, 5.41) is 15.1. The van der Waals surface area contributed by atoms with Gasteiger partial charge in [0.1, 0.15) is 16.7 Å². The molecule has 6 heteroatoms. The van der Waals surface area contributed by atoms with E-state index in [9.17, 15) is 0 Å². The van der Waals surface area contributed by atoms with E-state index < -0.39 is 0 Å². The van der Waals surface area contributed by atoms with Crippen molar-refractivity contribution in [3.05, 3.63) is 52.4 Å². The molecule has 1 atom stereocenters. The molecule has 0 saturated carbocycles. The highest BCUT2D eigenvalue weighted by atomic mass is 32.1. The monoisotopic (exact) mass is 327 g/mol. The molecule has 2 heterocycles. The first kappa shape index (κ1) is 15.8.